The summed E-state index contributed by atoms with van der Waals surface area (Å²) in [7, 11) is 0. The Bertz CT molecular complexity index is 1020. The zero-order valence-electron chi connectivity index (χ0n) is 14.2. The predicted octanol–water partition coefficient (Wildman–Crippen LogP) is 5.00. The number of nitro benzene ring substituents is 1. The molecule has 1 saturated heterocycles. The maximum absolute atomic E-state index is 12.1. The first-order valence-electron chi connectivity index (χ1n) is 7.90. The Morgan fingerprint density at radius 2 is 2.00 bits per heavy atom. The summed E-state index contributed by atoms with van der Waals surface area (Å²) in [5, 5.41) is 14.8. The number of aliphatic imine (C=N–C) groups is 1. The summed E-state index contributed by atoms with van der Waals surface area (Å²) in [6, 6.07) is 11.8. The van der Waals surface area contributed by atoms with E-state index in [1.165, 1.54) is 17.8 Å². The van der Waals surface area contributed by atoms with Crippen LogP contribution in [0.4, 0.5) is 11.4 Å². The van der Waals surface area contributed by atoms with Gasteiger partial charge in [-0.1, -0.05) is 35.9 Å². The molecule has 1 aliphatic rings. The van der Waals surface area contributed by atoms with Crippen LogP contribution in [0.3, 0.4) is 0 Å². The number of nitro groups is 1. The number of nitrogens with one attached hydrogen (secondary N) is 1. The van der Waals surface area contributed by atoms with E-state index in [-0.39, 0.29) is 11.6 Å². The number of amidine groups is 1. The van der Waals surface area contributed by atoms with Gasteiger partial charge in [0, 0.05) is 11.1 Å². The van der Waals surface area contributed by atoms with Crippen molar-refractivity contribution < 1.29 is 9.72 Å². The molecule has 0 unspecified atom stereocenters. The molecule has 2 aromatic rings. The summed E-state index contributed by atoms with van der Waals surface area (Å²) < 4.78 is 0. The van der Waals surface area contributed by atoms with Crippen LogP contribution in [0, 0.1) is 17.0 Å². The highest BCUT2D eigenvalue weighted by atomic mass is 35.5. The highest BCUT2D eigenvalue weighted by Crippen LogP contribution is 2.30. The van der Waals surface area contributed by atoms with E-state index in [4.69, 9.17) is 11.6 Å². The Morgan fingerprint density at radius 3 is 2.78 bits per heavy atom. The molecule has 27 heavy (non-hydrogen) atoms. The topological polar surface area (TPSA) is 84.6 Å². The van der Waals surface area contributed by atoms with Gasteiger partial charge in [-0.3, -0.25) is 14.9 Å². The van der Waals surface area contributed by atoms with E-state index in [9.17, 15) is 14.9 Å². The molecule has 1 fully saturated rings. The van der Waals surface area contributed by atoms with E-state index in [0.717, 1.165) is 5.56 Å². The lowest BCUT2D eigenvalue weighted by molar-refractivity contribution is -0.385. The van der Waals surface area contributed by atoms with Gasteiger partial charge in [0.15, 0.2) is 5.17 Å². The third-order valence-corrected chi connectivity index (χ3v) is 5.11. The number of carbonyl (C=O) groups excluding carboxylic acids is 1. The zero-order chi connectivity index (χ0) is 19.4. The van der Waals surface area contributed by atoms with Crippen LogP contribution in [0.25, 0.3) is 6.08 Å². The molecule has 1 amide bonds. The van der Waals surface area contributed by atoms with E-state index >= 15 is 0 Å². The first kappa shape index (κ1) is 18.9. The molecular weight excluding hydrogens is 386 g/mol. The highest BCUT2D eigenvalue weighted by molar-refractivity contribution is 8.18. The van der Waals surface area contributed by atoms with Crippen molar-refractivity contribution in [2.24, 2.45) is 4.99 Å². The van der Waals surface area contributed by atoms with Gasteiger partial charge in [0.05, 0.1) is 21.1 Å². The first-order chi connectivity index (χ1) is 13.0. The molecule has 2 aromatic carbocycles. The third-order valence-electron chi connectivity index (χ3n) is 3.77. The average Bonchev–Trinajstić information content (AvgIpc) is 2.98. The quantitative estimate of drug-likeness (QED) is 0.445. The molecule has 0 radical (unpaired) electrons. The molecule has 3 rings (SSSR count). The van der Waals surface area contributed by atoms with E-state index in [1.54, 1.807) is 48.6 Å². The van der Waals surface area contributed by atoms with Crippen molar-refractivity contribution >= 4 is 51.9 Å². The van der Waals surface area contributed by atoms with Gasteiger partial charge < -0.3 is 5.32 Å². The Kier molecular flexibility index (Phi) is 5.73. The van der Waals surface area contributed by atoms with Crippen molar-refractivity contribution in [3.63, 3.8) is 0 Å². The van der Waals surface area contributed by atoms with Crippen molar-refractivity contribution in [3.05, 3.63) is 85.8 Å². The molecule has 0 aliphatic carbocycles. The molecule has 1 heterocycles. The van der Waals surface area contributed by atoms with E-state index < -0.39 is 4.92 Å². The number of allylic oxidation sites excluding steroid dienone is 2. The van der Waals surface area contributed by atoms with Gasteiger partial charge in [-0.25, -0.2) is 4.99 Å². The molecule has 0 saturated carbocycles. The second-order valence-electron chi connectivity index (χ2n) is 5.56. The highest BCUT2D eigenvalue weighted by Gasteiger charge is 2.23. The minimum Gasteiger partial charge on any atom is -0.300 e. The molecule has 0 spiro atoms. The Morgan fingerprint density at radius 1 is 1.22 bits per heavy atom. The monoisotopic (exact) mass is 399 g/mol. The van der Waals surface area contributed by atoms with Crippen molar-refractivity contribution in [1.29, 1.82) is 0 Å². The van der Waals surface area contributed by atoms with Gasteiger partial charge in [0.2, 0.25) is 0 Å². The van der Waals surface area contributed by atoms with Crippen LogP contribution >= 0.6 is 23.4 Å². The second-order valence-corrected chi connectivity index (χ2v) is 7.00. The molecule has 136 valence electrons. The van der Waals surface area contributed by atoms with E-state index in [2.05, 4.69) is 10.3 Å². The number of hydrogen-bond donors (Lipinski definition) is 1. The fraction of sp³-hybridized carbons (Fsp3) is 0.0526. The molecule has 0 atom stereocenters. The molecule has 0 aromatic heterocycles. The number of nitrogens with zero attached hydrogens (tertiary/aromatic N) is 2. The molecular formula is C19H14ClN3O3S. The van der Waals surface area contributed by atoms with Crippen LogP contribution in [0.15, 0.2) is 64.5 Å². The number of amides is 1. The SMILES string of the molecule is Cc1c(Cl)cccc1N=C1NC(=O)/C(=C\C=C\c2ccccc2[N+](=O)[O-])S1. The van der Waals surface area contributed by atoms with Crippen LogP contribution in [0.5, 0.6) is 0 Å². The predicted molar refractivity (Wildman–Crippen MR) is 109 cm³/mol. The Balaban J connectivity index is 1.79. The first-order valence-corrected chi connectivity index (χ1v) is 9.10. The van der Waals surface area contributed by atoms with Gasteiger partial charge in [0.25, 0.3) is 11.6 Å². The maximum atomic E-state index is 12.1. The fourth-order valence-corrected chi connectivity index (χ4v) is 3.31. The van der Waals surface area contributed by atoms with Crippen molar-refractivity contribution in [1.82, 2.24) is 5.32 Å². The lowest BCUT2D eigenvalue weighted by Crippen LogP contribution is -2.19. The van der Waals surface area contributed by atoms with E-state index in [1.807, 2.05) is 13.0 Å². The van der Waals surface area contributed by atoms with Crippen LogP contribution in [0.1, 0.15) is 11.1 Å². The van der Waals surface area contributed by atoms with Crippen LogP contribution < -0.4 is 5.32 Å². The number of para-hydroxylation sites is 1. The zero-order valence-corrected chi connectivity index (χ0v) is 15.8. The van der Waals surface area contributed by atoms with Gasteiger partial charge in [0.1, 0.15) is 0 Å². The van der Waals surface area contributed by atoms with Crippen molar-refractivity contribution in [2.45, 2.75) is 6.92 Å². The third kappa shape index (κ3) is 4.45. The Labute approximate surface area is 164 Å². The number of benzene rings is 2. The summed E-state index contributed by atoms with van der Waals surface area (Å²) in [6.45, 7) is 1.86. The fourth-order valence-electron chi connectivity index (χ4n) is 2.36. The summed E-state index contributed by atoms with van der Waals surface area (Å²) in [5.41, 5.74) is 1.98. The molecule has 1 N–H and O–H groups in total. The number of rotatable bonds is 4. The standard InChI is InChI=1S/C19H14ClN3O3S/c1-12-14(20)8-5-9-15(12)21-19-22-18(24)17(27-19)11-4-7-13-6-2-3-10-16(13)23(25)26/h2-11H,1H3,(H,21,22,24)/b7-4+,17-11+. The summed E-state index contributed by atoms with van der Waals surface area (Å²) >= 11 is 7.28. The van der Waals surface area contributed by atoms with Gasteiger partial charge in [-0.2, -0.15) is 0 Å². The minimum absolute atomic E-state index is 0.00867. The average molecular weight is 400 g/mol. The molecule has 8 heteroatoms. The number of halogens is 1. The molecule has 0 bridgehead atoms. The normalized spacial score (nSPS) is 17.0. The van der Waals surface area contributed by atoms with Crippen molar-refractivity contribution in [2.75, 3.05) is 0 Å². The Hall–Kier alpha value is -2.90. The van der Waals surface area contributed by atoms with Gasteiger partial charge in [-0.15, -0.1) is 0 Å². The van der Waals surface area contributed by atoms with Crippen molar-refractivity contribution in [3.8, 4) is 0 Å². The molecule has 6 nitrogen and oxygen atoms in total. The number of carbonyl (C=O) groups is 1. The van der Waals surface area contributed by atoms with Gasteiger partial charge >= 0.3 is 0 Å². The lowest BCUT2D eigenvalue weighted by atomic mass is 10.1. The second kappa shape index (κ2) is 8.20. The lowest BCUT2D eigenvalue weighted by Gasteiger charge is -2.02. The minimum atomic E-state index is -0.443. The van der Waals surface area contributed by atoms with Crippen LogP contribution in [0.2, 0.25) is 5.02 Å². The smallest absolute Gasteiger partial charge is 0.276 e. The summed E-state index contributed by atoms with van der Waals surface area (Å²) in [5.74, 6) is -0.273. The van der Waals surface area contributed by atoms with Crippen LogP contribution in [-0.2, 0) is 4.79 Å². The summed E-state index contributed by atoms with van der Waals surface area (Å²) in [6.07, 6.45) is 4.80. The summed E-state index contributed by atoms with van der Waals surface area (Å²) in [4.78, 5) is 27.6. The largest absolute Gasteiger partial charge is 0.300 e. The van der Waals surface area contributed by atoms with Crippen LogP contribution in [-0.4, -0.2) is 16.0 Å². The number of thioether (sulfide) groups is 1. The van der Waals surface area contributed by atoms with E-state index in [0.29, 0.717) is 26.3 Å². The maximum Gasteiger partial charge on any atom is 0.276 e. The van der Waals surface area contributed by atoms with Gasteiger partial charge in [-0.05, 0) is 54.6 Å². The number of hydrogen-bond acceptors (Lipinski definition) is 5. The molecule has 1 aliphatic heterocycles.